The summed E-state index contributed by atoms with van der Waals surface area (Å²) in [5, 5.41) is 7.00. The molecule has 6 heteroatoms. The van der Waals surface area contributed by atoms with Gasteiger partial charge in [0.25, 0.3) is 0 Å². The Labute approximate surface area is 145 Å². The summed E-state index contributed by atoms with van der Waals surface area (Å²) in [5.74, 6) is 1.70. The normalized spacial score (nSPS) is 20.5. The Morgan fingerprint density at radius 2 is 1.88 bits per heavy atom. The summed E-state index contributed by atoms with van der Waals surface area (Å²) in [7, 11) is 0. The van der Waals surface area contributed by atoms with Gasteiger partial charge in [-0.2, -0.15) is 4.98 Å². The third kappa shape index (κ3) is 5.60. The van der Waals surface area contributed by atoms with Crippen molar-refractivity contribution in [1.82, 2.24) is 14.9 Å². The Kier molecular flexibility index (Phi) is 6.66. The minimum Gasteiger partial charge on any atom is -0.379 e. The van der Waals surface area contributed by atoms with Gasteiger partial charge in [-0.25, -0.2) is 4.98 Å². The smallest absolute Gasteiger partial charge is 0.224 e. The van der Waals surface area contributed by atoms with Gasteiger partial charge in [0.05, 0.1) is 13.2 Å². The number of aryl methyl sites for hydroxylation is 1. The van der Waals surface area contributed by atoms with Crippen molar-refractivity contribution in [1.29, 1.82) is 0 Å². The van der Waals surface area contributed by atoms with E-state index in [1.807, 2.05) is 6.92 Å². The molecule has 6 nitrogen and oxygen atoms in total. The monoisotopic (exact) mass is 333 g/mol. The summed E-state index contributed by atoms with van der Waals surface area (Å²) in [6, 6.07) is 2.61. The maximum atomic E-state index is 5.38. The van der Waals surface area contributed by atoms with Crippen LogP contribution >= 0.6 is 0 Å². The molecule has 134 valence electrons. The van der Waals surface area contributed by atoms with Crippen LogP contribution in [0.25, 0.3) is 0 Å². The topological polar surface area (TPSA) is 62.3 Å². The first-order chi connectivity index (χ1) is 11.8. The second kappa shape index (κ2) is 9.18. The Balaban J connectivity index is 1.50. The van der Waals surface area contributed by atoms with E-state index in [0.717, 1.165) is 56.9 Å². The number of aromatic nitrogens is 2. The van der Waals surface area contributed by atoms with Gasteiger partial charge >= 0.3 is 0 Å². The number of nitrogens with one attached hydrogen (secondary N) is 2. The van der Waals surface area contributed by atoms with Crippen molar-refractivity contribution in [2.45, 2.75) is 51.5 Å². The van der Waals surface area contributed by atoms with Crippen LogP contribution in [-0.4, -0.2) is 60.3 Å². The number of ether oxygens (including phenoxy) is 1. The number of morpholine rings is 1. The van der Waals surface area contributed by atoms with Gasteiger partial charge in [-0.05, 0) is 19.8 Å². The van der Waals surface area contributed by atoms with E-state index in [1.54, 1.807) is 0 Å². The van der Waals surface area contributed by atoms with Crippen molar-refractivity contribution in [3.05, 3.63) is 11.8 Å². The Bertz CT molecular complexity index is 496. The van der Waals surface area contributed by atoms with Crippen molar-refractivity contribution < 1.29 is 4.74 Å². The zero-order chi connectivity index (χ0) is 16.6. The molecule has 24 heavy (non-hydrogen) atoms. The lowest BCUT2D eigenvalue weighted by molar-refractivity contribution is 0.0398. The molecule has 2 fully saturated rings. The molecular weight excluding hydrogens is 302 g/mol. The number of nitrogens with zero attached hydrogens (tertiary/aromatic N) is 3. The highest BCUT2D eigenvalue weighted by Crippen LogP contribution is 2.21. The van der Waals surface area contributed by atoms with E-state index in [4.69, 9.17) is 4.74 Å². The number of hydrogen-bond acceptors (Lipinski definition) is 6. The zero-order valence-electron chi connectivity index (χ0n) is 14.9. The fourth-order valence-corrected chi connectivity index (χ4v) is 3.50. The standard InChI is InChI=1S/C18H31N5O/c1-15-14-17(21-16-6-4-2-3-5-7-16)22-18(20-15)19-8-9-23-10-12-24-13-11-23/h14,16H,2-13H2,1H3,(H2,19,20,21,22). The molecule has 1 saturated carbocycles. The van der Waals surface area contributed by atoms with E-state index in [2.05, 4.69) is 31.6 Å². The molecule has 0 amide bonds. The Morgan fingerprint density at radius 1 is 1.12 bits per heavy atom. The molecule has 1 saturated heterocycles. The molecule has 0 bridgehead atoms. The molecule has 2 aliphatic rings. The number of rotatable bonds is 6. The third-order valence-electron chi connectivity index (χ3n) is 4.88. The average molecular weight is 333 g/mol. The first-order valence-electron chi connectivity index (χ1n) is 9.46. The number of hydrogen-bond donors (Lipinski definition) is 2. The summed E-state index contributed by atoms with van der Waals surface area (Å²) >= 11 is 0. The molecule has 3 rings (SSSR count). The predicted molar refractivity (Wildman–Crippen MR) is 97.6 cm³/mol. The summed E-state index contributed by atoms with van der Waals surface area (Å²) in [6.07, 6.45) is 7.90. The van der Waals surface area contributed by atoms with Gasteiger partial charge in [0.1, 0.15) is 5.82 Å². The van der Waals surface area contributed by atoms with E-state index in [0.29, 0.717) is 6.04 Å². The largest absolute Gasteiger partial charge is 0.379 e. The molecule has 0 aromatic carbocycles. The van der Waals surface area contributed by atoms with E-state index >= 15 is 0 Å². The first kappa shape index (κ1) is 17.4. The lowest BCUT2D eigenvalue weighted by Gasteiger charge is -2.26. The van der Waals surface area contributed by atoms with Gasteiger partial charge in [-0.3, -0.25) is 4.90 Å². The van der Waals surface area contributed by atoms with Crippen molar-refractivity contribution in [2.24, 2.45) is 0 Å². The highest BCUT2D eigenvalue weighted by atomic mass is 16.5. The highest BCUT2D eigenvalue weighted by Gasteiger charge is 2.14. The Morgan fingerprint density at radius 3 is 2.62 bits per heavy atom. The summed E-state index contributed by atoms with van der Waals surface area (Å²) in [6.45, 7) is 7.63. The minimum absolute atomic E-state index is 0.558. The SMILES string of the molecule is Cc1cc(NC2CCCCCC2)nc(NCCN2CCOCC2)n1. The molecule has 1 aliphatic carbocycles. The molecule has 1 aliphatic heterocycles. The van der Waals surface area contributed by atoms with Crippen molar-refractivity contribution in [3.63, 3.8) is 0 Å². The van der Waals surface area contributed by atoms with Crippen molar-refractivity contribution in [2.75, 3.05) is 50.0 Å². The number of anilines is 2. The van der Waals surface area contributed by atoms with Crippen molar-refractivity contribution >= 4 is 11.8 Å². The minimum atomic E-state index is 0.558. The van der Waals surface area contributed by atoms with Crippen LogP contribution in [0.1, 0.15) is 44.2 Å². The highest BCUT2D eigenvalue weighted by molar-refractivity contribution is 5.42. The molecule has 2 N–H and O–H groups in total. The third-order valence-corrected chi connectivity index (χ3v) is 4.88. The maximum Gasteiger partial charge on any atom is 0.224 e. The van der Waals surface area contributed by atoms with Crippen LogP contribution in [0.15, 0.2) is 6.07 Å². The van der Waals surface area contributed by atoms with Crippen LogP contribution in [0.3, 0.4) is 0 Å². The molecule has 2 heterocycles. The fraction of sp³-hybridized carbons (Fsp3) is 0.778. The second-order valence-corrected chi connectivity index (χ2v) is 6.93. The maximum absolute atomic E-state index is 5.38. The van der Waals surface area contributed by atoms with Gasteiger partial charge < -0.3 is 15.4 Å². The molecule has 0 radical (unpaired) electrons. The molecule has 0 atom stereocenters. The quantitative estimate of drug-likeness (QED) is 0.781. The lowest BCUT2D eigenvalue weighted by atomic mass is 10.1. The van der Waals surface area contributed by atoms with E-state index in [1.165, 1.54) is 38.5 Å². The Hall–Kier alpha value is -1.40. The first-order valence-corrected chi connectivity index (χ1v) is 9.46. The lowest BCUT2D eigenvalue weighted by Crippen LogP contribution is -2.39. The van der Waals surface area contributed by atoms with E-state index in [-0.39, 0.29) is 0 Å². The van der Waals surface area contributed by atoms with Crippen LogP contribution in [0.5, 0.6) is 0 Å². The van der Waals surface area contributed by atoms with Crippen LogP contribution in [0, 0.1) is 6.92 Å². The van der Waals surface area contributed by atoms with Gasteiger partial charge in [-0.15, -0.1) is 0 Å². The molecule has 0 unspecified atom stereocenters. The van der Waals surface area contributed by atoms with E-state index < -0.39 is 0 Å². The van der Waals surface area contributed by atoms with Gasteiger partial charge in [-0.1, -0.05) is 25.7 Å². The average Bonchev–Trinajstić information content (AvgIpc) is 2.84. The molecule has 0 spiro atoms. The van der Waals surface area contributed by atoms with Crippen LogP contribution in [0.2, 0.25) is 0 Å². The molecular formula is C18H31N5O. The summed E-state index contributed by atoms with van der Waals surface area (Å²) in [4.78, 5) is 11.6. The fourth-order valence-electron chi connectivity index (χ4n) is 3.50. The van der Waals surface area contributed by atoms with Gasteiger partial charge in [0, 0.05) is 44.0 Å². The van der Waals surface area contributed by atoms with Crippen LogP contribution < -0.4 is 10.6 Å². The van der Waals surface area contributed by atoms with E-state index in [9.17, 15) is 0 Å². The predicted octanol–water partition coefficient (Wildman–Crippen LogP) is 2.66. The van der Waals surface area contributed by atoms with Gasteiger partial charge in [0.2, 0.25) is 5.95 Å². The zero-order valence-corrected chi connectivity index (χ0v) is 14.9. The summed E-state index contributed by atoms with van der Waals surface area (Å²) in [5.41, 5.74) is 1.01. The second-order valence-electron chi connectivity index (χ2n) is 6.93. The van der Waals surface area contributed by atoms with Gasteiger partial charge in [0.15, 0.2) is 0 Å². The van der Waals surface area contributed by atoms with Crippen LogP contribution in [0.4, 0.5) is 11.8 Å². The van der Waals surface area contributed by atoms with Crippen molar-refractivity contribution in [3.8, 4) is 0 Å². The van der Waals surface area contributed by atoms with Crippen LogP contribution in [-0.2, 0) is 4.74 Å². The summed E-state index contributed by atoms with van der Waals surface area (Å²) < 4.78 is 5.38. The molecule has 1 aromatic rings. The molecule has 1 aromatic heterocycles.